The van der Waals surface area contributed by atoms with E-state index in [2.05, 4.69) is 0 Å². The van der Waals surface area contributed by atoms with Gasteiger partial charge in [-0.25, -0.2) is 0 Å². The Morgan fingerprint density at radius 3 is 2.50 bits per heavy atom. The number of ether oxygens (including phenoxy) is 1. The summed E-state index contributed by atoms with van der Waals surface area (Å²) in [5, 5.41) is 0.746. The third kappa shape index (κ3) is 4.66. The maximum absolute atomic E-state index is 5.75. The molecule has 3 heteroatoms. The third-order valence-corrected chi connectivity index (χ3v) is 2.08. The highest BCUT2D eigenvalue weighted by Gasteiger charge is 1.91. The summed E-state index contributed by atoms with van der Waals surface area (Å²) in [6.45, 7) is 1.19. The summed E-state index contributed by atoms with van der Waals surface area (Å²) in [4.78, 5) is 0. The van der Waals surface area contributed by atoms with Crippen molar-refractivity contribution in [2.24, 2.45) is 0 Å². The Balaban J connectivity index is 2.25. The number of hydrogen-bond donors (Lipinski definition) is 0. The largest absolute Gasteiger partial charge is 0.373 e. The predicted octanol–water partition coefficient (Wildman–Crippen LogP) is 3.65. The minimum atomic E-state index is 0.532. The van der Waals surface area contributed by atoms with Crippen LogP contribution in [0, 0.1) is 0 Å². The summed E-state index contributed by atoms with van der Waals surface area (Å²) >= 11 is 11.2. The summed E-state index contributed by atoms with van der Waals surface area (Å²) in [5.74, 6) is 0.532. The summed E-state index contributed by atoms with van der Waals surface area (Å²) in [6.07, 6.45) is 3.77. The van der Waals surface area contributed by atoms with E-state index in [1.165, 1.54) is 0 Å². The first-order valence-corrected chi connectivity index (χ1v) is 5.27. The molecule has 76 valence electrons. The number of allylic oxidation sites excluding steroid dienone is 1. The van der Waals surface area contributed by atoms with Gasteiger partial charge in [0.2, 0.25) is 0 Å². The minimum absolute atomic E-state index is 0.532. The highest BCUT2D eigenvalue weighted by Crippen LogP contribution is 2.09. The fourth-order valence-electron chi connectivity index (χ4n) is 0.956. The second-order valence-corrected chi connectivity index (χ2v) is 3.51. The van der Waals surface area contributed by atoms with Crippen molar-refractivity contribution in [2.75, 3.05) is 12.5 Å². The average molecular weight is 231 g/mol. The lowest BCUT2D eigenvalue weighted by Gasteiger charge is -2.01. The molecule has 1 aromatic rings. The zero-order valence-electron chi connectivity index (χ0n) is 7.75. The smallest absolute Gasteiger partial charge is 0.0721 e. The molecule has 0 unspecified atom stereocenters. The number of hydrogen-bond acceptors (Lipinski definition) is 1. The van der Waals surface area contributed by atoms with Gasteiger partial charge in [-0.1, -0.05) is 35.9 Å². The van der Waals surface area contributed by atoms with Gasteiger partial charge < -0.3 is 4.74 Å². The van der Waals surface area contributed by atoms with Crippen LogP contribution in [0.4, 0.5) is 0 Å². The molecule has 0 atom stereocenters. The minimum Gasteiger partial charge on any atom is -0.373 e. The maximum atomic E-state index is 5.75. The topological polar surface area (TPSA) is 9.23 Å². The monoisotopic (exact) mass is 230 g/mol. The average Bonchev–Trinajstić information content (AvgIpc) is 2.21. The van der Waals surface area contributed by atoms with Crippen LogP contribution >= 0.6 is 23.2 Å². The van der Waals surface area contributed by atoms with Crippen LogP contribution in [-0.2, 0) is 11.3 Å². The highest BCUT2D eigenvalue weighted by atomic mass is 35.5. The van der Waals surface area contributed by atoms with Crippen LogP contribution in [0.3, 0.4) is 0 Å². The number of benzene rings is 1. The Morgan fingerprint density at radius 1 is 1.14 bits per heavy atom. The third-order valence-electron chi connectivity index (χ3n) is 1.65. The van der Waals surface area contributed by atoms with E-state index in [1.807, 2.05) is 36.4 Å². The first-order chi connectivity index (χ1) is 6.83. The van der Waals surface area contributed by atoms with Crippen molar-refractivity contribution in [1.82, 2.24) is 0 Å². The van der Waals surface area contributed by atoms with Gasteiger partial charge in [0.25, 0.3) is 0 Å². The van der Waals surface area contributed by atoms with Crippen molar-refractivity contribution in [1.29, 1.82) is 0 Å². The zero-order valence-corrected chi connectivity index (χ0v) is 9.26. The molecule has 14 heavy (non-hydrogen) atoms. The molecule has 0 bridgehead atoms. The van der Waals surface area contributed by atoms with Gasteiger partial charge in [0.1, 0.15) is 0 Å². The Kier molecular flexibility index (Phi) is 5.69. The van der Waals surface area contributed by atoms with Crippen molar-refractivity contribution in [3.8, 4) is 0 Å². The molecule has 0 aliphatic heterocycles. The Bertz CT molecular complexity index is 280. The van der Waals surface area contributed by atoms with Crippen molar-refractivity contribution >= 4 is 23.2 Å². The Morgan fingerprint density at radius 2 is 1.86 bits per heavy atom. The van der Waals surface area contributed by atoms with Crippen LogP contribution in [0.5, 0.6) is 0 Å². The Hall–Kier alpha value is -0.500. The number of rotatable bonds is 5. The summed E-state index contributed by atoms with van der Waals surface area (Å²) < 4.78 is 5.37. The summed E-state index contributed by atoms with van der Waals surface area (Å²) in [6, 6.07) is 7.62. The second kappa shape index (κ2) is 6.88. The van der Waals surface area contributed by atoms with Gasteiger partial charge in [-0.2, -0.15) is 0 Å². The molecule has 0 radical (unpaired) electrons. The molecule has 0 amide bonds. The molecule has 0 heterocycles. The van der Waals surface area contributed by atoms with Crippen LogP contribution in [0.1, 0.15) is 5.56 Å². The Labute approximate surface area is 94.3 Å². The van der Waals surface area contributed by atoms with Gasteiger partial charge in [0, 0.05) is 10.9 Å². The molecule has 1 nitrogen and oxygen atoms in total. The van der Waals surface area contributed by atoms with E-state index >= 15 is 0 Å². The lowest BCUT2D eigenvalue weighted by molar-refractivity contribution is 0.148. The van der Waals surface area contributed by atoms with Crippen LogP contribution in [0.2, 0.25) is 5.02 Å². The van der Waals surface area contributed by atoms with Gasteiger partial charge in [0.05, 0.1) is 13.2 Å². The fraction of sp³-hybridized carbons (Fsp3) is 0.273. The van der Waals surface area contributed by atoms with Gasteiger partial charge in [0.15, 0.2) is 0 Å². The van der Waals surface area contributed by atoms with Crippen LogP contribution in [0.25, 0.3) is 0 Å². The van der Waals surface area contributed by atoms with Crippen molar-refractivity contribution < 1.29 is 4.74 Å². The molecule has 0 N–H and O–H groups in total. The van der Waals surface area contributed by atoms with E-state index in [-0.39, 0.29) is 0 Å². The van der Waals surface area contributed by atoms with Gasteiger partial charge in [-0.3, -0.25) is 0 Å². The van der Waals surface area contributed by atoms with Gasteiger partial charge >= 0.3 is 0 Å². The van der Waals surface area contributed by atoms with Crippen LogP contribution < -0.4 is 0 Å². The first-order valence-electron chi connectivity index (χ1n) is 4.36. The summed E-state index contributed by atoms with van der Waals surface area (Å²) in [5.41, 5.74) is 1.12. The second-order valence-electron chi connectivity index (χ2n) is 2.77. The lowest BCUT2D eigenvalue weighted by atomic mass is 10.2. The molecule has 0 aliphatic carbocycles. The zero-order chi connectivity index (χ0) is 10.2. The fourth-order valence-corrected chi connectivity index (χ4v) is 1.21. The van der Waals surface area contributed by atoms with Crippen LogP contribution in [-0.4, -0.2) is 12.5 Å². The van der Waals surface area contributed by atoms with E-state index in [0.29, 0.717) is 19.1 Å². The van der Waals surface area contributed by atoms with Gasteiger partial charge in [-0.05, 0) is 17.7 Å². The van der Waals surface area contributed by atoms with E-state index in [4.69, 9.17) is 27.9 Å². The van der Waals surface area contributed by atoms with E-state index in [0.717, 1.165) is 10.6 Å². The number of alkyl halides is 1. The molecular weight excluding hydrogens is 219 g/mol. The standard InChI is InChI=1S/C11H12Cl2O/c12-7-1-2-8-14-9-10-3-5-11(13)6-4-10/h1-6H,7-9H2. The van der Waals surface area contributed by atoms with Crippen LogP contribution in [0.15, 0.2) is 36.4 Å². The predicted molar refractivity (Wildman–Crippen MR) is 61.0 cm³/mol. The molecule has 1 aromatic carbocycles. The van der Waals surface area contributed by atoms with E-state index in [1.54, 1.807) is 0 Å². The molecule has 0 saturated carbocycles. The first kappa shape index (κ1) is 11.6. The highest BCUT2D eigenvalue weighted by molar-refractivity contribution is 6.30. The quantitative estimate of drug-likeness (QED) is 0.427. The van der Waals surface area contributed by atoms with Gasteiger partial charge in [-0.15, -0.1) is 11.6 Å². The lowest BCUT2D eigenvalue weighted by Crippen LogP contribution is -1.92. The van der Waals surface area contributed by atoms with Crippen molar-refractivity contribution in [3.63, 3.8) is 0 Å². The molecule has 0 aliphatic rings. The molecule has 1 rings (SSSR count). The van der Waals surface area contributed by atoms with Crippen molar-refractivity contribution in [2.45, 2.75) is 6.61 Å². The maximum Gasteiger partial charge on any atom is 0.0721 e. The normalized spacial score (nSPS) is 11.0. The van der Waals surface area contributed by atoms with E-state index in [9.17, 15) is 0 Å². The SMILES string of the molecule is ClCC=CCOCc1ccc(Cl)cc1. The number of halogens is 2. The molecular formula is C11H12Cl2O. The molecule has 0 aromatic heterocycles. The summed E-state index contributed by atoms with van der Waals surface area (Å²) in [7, 11) is 0. The molecule has 0 spiro atoms. The molecule has 0 saturated heterocycles. The van der Waals surface area contributed by atoms with Crippen molar-refractivity contribution in [3.05, 3.63) is 47.0 Å². The van der Waals surface area contributed by atoms with E-state index < -0.39 is 0 Å². The molecule has 0 fully saturated rings.